The van der Waals surface area contributed by atoms with Gasteiger partial charge in [-0.25, -0.2) is 0 Å². The molecule has 0 saturated heterocycles. The molecule has 0 aliphatic carbocycles. The summed E-state index contributed by atoms with van der Waals surface area (Å²) in [5.74, 6) is 0.147. The summed E-state index contributed by atoms with van der Waals surface area (Å²) in [6.45, 7) is 0. The highest BCUT2D eigenvalue weighted by Crippen LogP contribution is 2.36. The molecular weight excluding hydrogens is 303 g/mol. The quantitative estimate of drug-likeness (QED) is 0.520. The molecule has 5 nitrogen and oxygen atoms in total. The molecule has 20 heavy (non-hydrogen) atoms. The zero-order valence-corrected chi connectivity index (χ0v) is 11.5. The average molecular weight is 311 g/mol. The van der Waals surface area contributed by atoms with Gasteiger partial charge in [-0.05, 0) is 29.8 Å². The SMILES string of the molecule is O=[N+]([O-])c1cc(Cl)c(N=Cc2ccc(O)cc2)c(Cl)c1. The molecule has 7 heteroatoms. The highest BCUT2D eigenvalue weighted by Gasteiger charge is 2.13. The molecule has 0 bridgehead atoms. The molecule has 1 N–H and O–H groups in total. The summed E-state index contributed by atoms with van der Waals surface area (Å²) >= 11 is 11.9. The highest BCUT2D eigenvalue weighted by atomic mass is 35.5. The number of rotatable bonds is 3. The predicted octanol–water partition coefficient (Wildman–Crippen LogP) is 4.36. The fraction of sp³-hybridized carbons (Fsp3) is 0. The van der Waals surface area contributed by atoms with Gasteiger partial charge in [-0.15, -0.1) is 0 Å². The Morgan fingerprint density at radius 3 is 2.20 bits per heavy atom. The Bertz CT molecular complexity index is 662. The van der Waals surface area contributed by atoms with E-state index < -0.39 is 4.92 Å². The standard InChI is InChI=1S/C13H8Cl2N2O3/c14-11-5-9(17(19)20)6-12(15)13(11)16-7-8-1-3-10(18)4-2-8/h1-7,18H. The van der Waals surface area contributed by atoms with Crippen LogP contribution in [0.2, 0.25) is 10.0 Å². The first kappa shape index (κ1) is 14.3. The number of nitrogens with zero attached hydrogens (tertiary/aromatic N) is 2. The van der Waals surface area contributed by atoms with Crippen molar-refractivity contribution in [2.45, 2.75) is 0 Å². The van der Waals surface area contributed by atoms with E-state index in [0.717, 1.165) is 5.56 Å². The summed E-state index contributed by atoms with van der Waals surface area (Å²) in [5.41, 5.74) is 0.795. The van der Waals surface area contributed by atoms with Crippen LogP contribution >= 0.6 is 23.2 Å². The summed E-state index contributed by atoms with van der Waals surface area (Å²) in [5, 5.41) is 20.0. The van der Waals surface area contributed by atoms with Crippen LogP contribution in [0.3, 0.4) is 0 Å². The van der Waals surface area contributed by atoms with Gasteiger partial charge in [-0.2, -0.15) is 0 Å². The Morgan fingerprint density at radius 1 is 1.15 bits per heavy atom. The molecule has 0 unspecified atom stereocenters. The summed E-state index contributed by atoms with van der Waals surface area (Å²) in [7, 11) is 0. The molecule has 102 valence electrons. The number of aliphatic imine (C=N–C) groups is 1. The zero-order chi connectivity index (χ0) is 14.7. The number of halogens is 2. The number of benzene rings is 2. The second-order valence-corrected chi connectivity index (χ2v) is 4.68. The molecule has 0 saturated carbocycles. The second-order valence-electron chi connectivity index (χ2n) is 3.86. The van der Waals surface area contributed by atoms with Crippen LogP contribution < -0.4 is 0 Å². The Morgan fingerprint density at radius 2 is 1.70 bits per heavy atom. The molecule has 0 radical (unpaired) electrons. The highest BCUT2D eigenvalue weighted by molar-refractivity contribution is 6.39. The van der Waals surface area contributed by atoms with E-state index in [0.29, 0.717) is 0 Å². The molecule has 0 aliphatic heterocycles. The molecule has 2 aromatic carbocycles. The number of nitro benzene ring substituents is 1. The normalized spacial score (nSPS) is 10.9. The summed E-state index contributed by atoms with van der Waals surface area (Å²) in [6.07, 6.45) is 1.50. The molecule has 0 spiro atoms. The molecule has 0 heterocycles. The van der Waals surface area contributed by atoms with Crippen molar-refractivity contribution in [2.75, 3.05) is 0 Å². The fourth-order valence-corrected chi connectivity index (χ4v) is 2.05. The van der Waals surface area contributed by atoms with E-state index in [1.165, 1.54) is 30.5 Å². The topological polar surface area (TPSA) is 75.7 Å². The van der Waals surface area contributed by atoms with E-state index in [1.807, 2.05) is 0 Å². The number of non-ortho nitro benzene ring substituents is 1. The molecule has 2 rings (SSSR count). The molecule has 0 atom stereocenters. The van der Waals surface area contributed by atoms with E-state index >= 15 is 0 Å². The summed E-state index contributed by atoms with van der Waals surface area (Å²) in [6, 6.07) is 8.73. The van der Waals surface area contributed by atoms with Crippen LogP contribution in [0, 0.1) is 10.1 Å². The third-order valence-electron chi connectivity index (χ3n) is 2.45. The van der Waals surface area contributed by atoms with Gasteiger partial charge >= 0.3 is 0 Å². The first-order chi connectivity index (χ1) is 9.47. The van der Waals surface area contributed by atoms with Crippen molar-refractivity contribution in [3.63, 3.8) is 0 Å². The molecule has 0 aromatic heterocycles. The van der Waals surface area contributed by atoms with Crippen molar-refractivity contribution in [3.8, 4) is 5.75 Å². The Labute approximate surface area is 124 Å². The van der Waals surface area contributed by atoms with Crippen molar-refractivity contribution < 1.29 is 10.0 Å². The third kappa shape index (κ3) is 3.26. The lowest BCUT2D eigenvalue weighted by molar-refractivity contribution is -0.384. The molecular formula is C13H8Cl2N2O3. The maximum atomic E-state index is 10.7. The smallest absolute Gasteiger partial charge is 0.272 e. The lowest BCUT2D eigenvalue weighted by Crippen LogP contribution is -1.88. The molecule has 0 amide bonds. The van der Waals surface area contributed by atoms with Crippen LogP contribution in [0.1, 0.15) is 5.56 Å². The minimum atomic E-state index is -0.578. The summed E-state index contributed by atoms with van der Waals surface area (Å²) in [4.78, 5) is 14.2. The van der Waals surface area contributed by atoms with Gasteiger partial charge in [0.2, 0.25) is 0 Å². The minimum Gasteiger partial charge on any atom is -0.508 e. The van der Waals surface area contributed by atoms with Gasteiger partial charge in [0.15, 0.2) is 0 Å². The van der Waals surface area contributed by atoms with Crippen LogP contribution in [-0.4, -0.2) is 16.2 Å². The second kappa shape index (κ2) is 5.90. The van der Waals surface area contributed by atoms with Gasteiger partial charge < -0.3 is 5.11 Å². The average Bonchev–Trinajstić information content (AvgIpc) is 2.39. The number of hydrogen-bond acceptors (Lipinski definition) is 4. The Kier molecular flexibility index (Phi) is 4.22. The van der Waals surface area contributed by atoms with E-state index in [9.17, 15) is 10.1 Å². The molecule has 0 aliphatic rings. The van der Waals surface area contributed by atoms with E-state index in [1.54, 1.807) is 12.1 Å². The van der Waals surface area contributed by atoms with E-state index in [2.05, 4.69) is 4.99 Å². The van der Waals surface area contributed by atoms with Gasteiger partial charge in [-0.1, -0.05) is 23.2 Å². The van der Waals surface area contributed by atoms with Crippen LogP contribution in [0.15, 0.2) is 41.4 Å². The predicted molar refractivity (Wildman–Crippen MR) is 78.5 cm³/mol. The lowest BCUT2D eigenvalue weighted by atomic mass is 10.2. The number of phenolic OH excluding ortho intramolecular Hbond substituents is 1. The first-order valence-corrected chi connectivity index (χ1v) is 6.19. The Hall–Kier alpha value is -2.11. The lowest BCUT2D eigenvalue weighted by Gasteiger charge is -2.01. The number of phenols is 1. The summed E-state index contributed by atoms with van der Waals surface area (Å²) < 4.78 is 0. The number of hydrogen-bond donors (Lipinski definition) is 1. The molecule has 2 aromatic rings. The van der Waals surface area contributed by atoms with Gasteiger partial charge in [-0.3, -0.25) is 15.1 Å². The van der Waals surface area contributed by atoms with E-state index in [-0.39, 0.29) is 27.2 Å². The van der Waals surface area contributed by atoms with E-state index in [4.69, 9.17) is 28.3 Å². The van der Waals surface area contributed by atoms with Crippen molar-refractivity contribution in [1.29, 1.82) is 0 Å². The zero-order valence-electron chi connectivity index (χ0n) is 9.96. The third-order valence-corrected chi connectivity index (χ3v) is 3.02. The number of nitro groups is 1. The Balaban J connectivity index is 2.34. The monoisotopic (exact) mass is 310 g/mol. The first-order valence-electron chi connectivity index (χ1n) is 5.44. The van der Waals surface area contributed by atoms with Crippen LogP contribution in [-0.2, 0) is 0 Å². The van der Waals surface area contributed by atoms with Crippen molar-refractivity contribution in [3.05, 3.63) is 62.1 Å². The van der Waals surface area contributed by atoms with Gasteiger partial charge in [0.1, 0.15) is 11.4 Å². The molecule has 0 fully saturated rings. The van der Waals surface area contributed by atoms with Crippen molar-refractivity contribution in [1.82, 2.24) is 0 Å². The maximum Gasteiger partial charge on any atom is 0.272 e. The van der Waals surface area contributed by atoms with Crippen LogP contribution in [0.25, 0.3) is 0 Å². The van der Waals surface area contributed by atoms with Gasteiger partial charge in [0.05, 0.1) is 15.0 Å². The van der Waals surface area contributed by atoms with Gasteiger partial charge in [0, 0.05) is 18.3 Å². The van der Waals surface area contributed by atoms with Crippen molar-refractivity contribution >= 4 is 40.8 Å². The largest absolute Gasteiger partial charge is 0.508 e. The van der Waals surface area contributed by atoms with Crippen LogP contribution in [0.4, 0.5) is 11.4 Å². The number of aromatic hydroxyl groups is 1. The van der Waals surface area contributed by atoms with Gasteiger partial charge in [0.25, 0.3) is 5.69 Å². The minimum absolute atomic E-state index is 0.0965. The maximum absolute atomic E-state index is 10.7. The van der Waals surface area contributed by atoms with Crippen molar-refractivity contribution in [2.24, 2.45) is 4.99 Å². The fourth-order valence-electron chi connectivity index (χ4n) is 1.48. The van der Waals surface area contributed by atoms with Crippen LogP contribution in [0.5, 0.6) is 5.75 Å².